The van der Waals surface area contributed by atoms with Crippen molar-refractivity contribution in [2.45, 2.75) is 31.7 Å². The third kappa shape index (κ3) is 2.77. The first-order chi connectivity index (χ1) is 12.8. The van der Waals surface area contributed by atoms with Crippen molar-refractivity contribution in [3.63, 3.8) is 0 Å². The van der Waals surface area contributed by atoms with Gasteiger partial charge >= 0.3 is 0 Å². The van der Waals surface area contributed by atoms with E-state index in [1.165, 1.54) is 0 Å². The monoisotopic (exact) mass is 346 g/mol. The summed E-state index contributed by atoms with van der Waals surface area (Å²) in [4.78, 5) is 23.6. The Bertz CT molecular complexity index is 959. The molecule has 0 N–H and O–H groups in total. The molecule has 1 aromatic carbocycles. The van der Waals surface area contributed by atoms with E-state index in [-0.39, 0.29) is 0 Å². The maximum atomic E-state index is 12.5. The highest BCUT2D eigenvalue weighted by atomic mass is 16.2. The zero-order chi connectivity index (χ0) is 17.5. The van der Waals surface area contributed by atoms with Gasteiger partial charge in [-0.25, -0.2) is 4.98 Å². The van der Waals surface area contributed by atoms with Gasteiger partial charge in [0, 0.05) is 48.5 Å². The van der Waals surface area contributed by atoms with E-state index in [1.54, 1.807) is 0 Å². The third-order valence-electron chi connectivity index (χ3n) is 5.56. The number of pyridine rings is 1. The number of carbonyl (C=O) groups is 1. The average Bonchev–Trinajstić information content (AvgIpc) is 3.43. The molecule has 0 bridgehead atoms. The summed E-state index contributed by atoms with van der Waals surface area (Å²) in [6.45, 7) is 1.70. The fourth-order valence-corrected chi connectivity index (χ4v) is 4.02. The van der Waals surface area contributed by atoms with Crippen LogP contribution in [0.1, 0.15) is 31.7 Å². The number of amides is 1. The lowest BCUT2D eigenvalue weighted by Gasteiger charge is -2.34. The molecule has 1 saturated carbocycles. The van der Waals surface area contributed by atoms with Crippen LogP contribution in [0.3, 0.4) is 0 Å². The Morgan fingerprint density at radius 2 is 2.00 bits per heavy atom. The first-order valence-electron chi connectivity index (χ1n) is 9.46. The summed E-state index contributed by atoms with van der Waals surface area (Å²) in [5.41, 5.74) is 2.09. The van der Waals surface area contributed by atoms with Crippen molar-refractivity contribution in [3.8, 4) is 11.4 Å². The van der Waals surface area contributed by atoms with Crippen LogP contribution in [-0.2, 0) is 4.79 Å². The van der Waals surface area contributed by atoms with Gasteiger partial charge in [-0.05, 0) is 49.9 Å². The van der Waals surface area contributed by atoms with Crippen LogP contribution < -0.4 is 0 Å². The van der Waals surface area contributed by atoms with E-state index < -0.39 is 0 Å². The number of likely N-dealkylation sites (tertiary alicyclic amines) is 1. The molecular formula is C21H22N4O. The molecule has 0 spiro atoms. The molecule has 132 valence electrons. The van der Waals surface area contributed by atoms with E-state index in [0.29, 0.717) is 17.9 Å². The van der Waals surface area contributed by atoms with Crippen molar-refractivity contribution in [1.82, 2.24) is 19.4 Å². The Morgan fingerprint density at radius 3 is 2.88 bits per heavy atom. The topological polar surface area (TPSA) is 51.0 Å². The Balaban J connectivity index is 1.45. The van der Waals surface area contributed by atoms with Crippen molar-refractivity contribution >= 4 is 16.8 Å². The van der Waals surface area contributed by atoms with Crippen LogP contribution in [0.15, 0.2) is 48.9 Å². The van der Waals surface area contributed by atoms with Crippen LogP contribution >= 0.6 is 0 Å². The van der Waals surface area contributed by atoms with Gasteiger partial charge in [0.25, 0.3) is 0 Å². The van der Waals surface area contributed by atoms with Gasteiger partial charge in [0.05, 0.1) is 11.6 Å². The number of benzene rings is 1. The summed E-state index contributed by atoms with van der Waals surface area (Å²) in [7, 11) is 0. The minimum absolute atomic E-state index is 0.295. The minimum Gasteiger partial charge on any atom is -0.340 e. The van der Waals surface area contributed by atoms with Gasteiger partial charge in [0.15, 0.2) is 0 Å². The number of nitrogens with zero attached hydrogens (tertiary/aromatic N) is 4. The maximum Gasteiger partial charge on any atom is 0.225 e. The number of hydrogen-bond acceptors (Lipinski definition) is 3. The highest BCUT2D eigenvalue weighted by molar-refractivity contribution is 5.83. The van der Waals surface area contributed by atoms with Gasteiger partial charge in [-0.1, -0.05) is 6.07 Å². The van der Waals surface area contributed by atoms with Gasteiger partial charge in [0.2, 0.25) is 5.91 Å². The molecule has 2 aliphatic rings. The normalized spacial score (nSPS) is 20.5. The summed E-state index contributed by atoms with van der Waals surface area (Å²) in [6, 6.07) is 10.6. The van der Waals surface area contributed by atoms with Gasteiger partial charge in [-0.2, -0.15) is 0 Å². The van der Waals surface area contributed by atoms with E-state index in [9.17, 15) is 4.79 Å². The summed E-state index contributed by atoms with van der Waals surface area (Å²) in [5, 5.41) is 1.12. The molecule has 1 aliphatic heterocycles. The number of imidazole rings is 1. The lowest BCUT2D eigenvalue weighted by molar-refractivity contribution is -0.134. The van der Waals surface area contributed by atoms with E-state index >= 15 is 0 Å². The maximum absolute atomic E-state index is 12.5. The first-order valence-corrected chi connectivity index (χ1v) is 9.46. The Morgan fingerprint density at radius 1 is 1.08 bits per heavy atom. The Hall–Kier alpha value is -2.69. The summed E-state index contributed by atoms with van der Waals surface area (Å²) >= 11 is 0. The fourth-order valence-electron chi connectivity index (χ4n) is 4.02. The SMILES string of the molecule is O=C(C1CC1)N1CCCC(n2ccnc2-c2ccc3ncccc3c2)C1. The van der Waals surface area contributed by atoms with Gasteiger partial charge in [-0.3, -0.25) is 9.78 Å². The highest BCUT2D eigenvalue weighted by Gasteiger charge is 2.35. The lowest BCUT2D eigenvalue weighted by atomic mass is 10.0. The van der Waals surface area contributed by atoms with E-state index in [1.807, 2.05) is 24.5 Å². The standard InChI is InChI=1S/C21H22N4O/c26-21(15-5-6-15)24-11-2-4-18(14-24)25-12-10-23-20(25)17-7-8-19-16(13-17)3-1-9-22-19/h1,3,7-10,12-13,15,18H,2,4-6,11,14H2. The van der Waals surface area contributed by atoms with Crippen molar-refractivity contribution in [2.75, 3.05) is 13.1 Å². The average molecular weight is 346 g/mol. The predicted octanol–water partition coefficient (Wildman–Crippen LogP) is 3.67. The van der Waals surface area contributed by atoms with E-state index in [4.69, 9.17) is 0 Å². The van der Waals surface area contributed by atoms with E-state index in [0.717, 1.165) is 61.1 Å². The number of fused-ring (bicyclic) bond motifs is 1. The summed E-state index contributed by atoms with van der Waals surface area (Å²) in [5.74, 6) is 1.62. The lowest BCUT2D eigenvalue weighted by Crippen LogP contribution is -2.41. The van der Waals surface area contributed by atoms with Crippen LogP contribution in [0.25, 0.3) is 22.3 Å². The minimum atomic E-state index is 0.295. The second-order valence-corrected chi connectivity index (χ2v) is 7.42. The number of rotatable bonds is 3. The van der Waals surface area contributed by atoms with Gasteiger partial charge < -0.3 is 9.47 Å². The molecule has 26 heavy (non-hydrogen) atoms. The molecular weight excluding hydrogens is 324 g/mol. The number of hydrogen-bond donors (Lipinski definition) is 0. The Labute approximate surface area is 152 Å². The fraction of sp³-hybridized carbons (Fsp3) is 0.381. The quantitative estimate of drug-likeness (QED) is 0.727. The molecule has 1 unspecified atom stereocenters. The second-order valence-electron chi connectivity index (χ2n) is 7.42. The predicted molar refractivity (Wildman–Crippen MR) is 101 cm³/mol. The largest absolute Gasteiger partial charge is 0.340 e. The van der Waals surface area contributed by atoms with Crippen LogP contribution in [0.5, 0.6) is 0 Å². The molecule has 3 heterocycles. The third-order valence-corrected chi connectivity index (χ3v) is 5.56. The molecule has 3 aromatic rings. The molecule has 2 aromatic heterocycles. The zero-order valence-corrected chi connectivity index (χ0v) is 14.7. The number of carbonyl (C=O) groups excluding carboxylic acids is 1. The highest BCUT2D eigenvalue weighted by Crippen LogP contribution is 2.34. The van der Waals surface area contributed by atoms with Gasteiger partial charge in [-0.15, -0.1) is 0 Å². The number of piperidine rings is 1. The van der Waals surface area contributed by atoms with Crippen molar-refractivity contribution in [1.29, 1.82) is 0 Å². The molecule has 5 rings (SSSR count). The molecule has 5 heteroatoms. The molecule has 1 atom stereocenters. The van der Waals surface area contributed by atoms with Crippen LogP contribution in [-0.4, -0.2) is 38.4 Å². The second kappa shape index (κ2) is 6.24. The molecule has 1 aliphatic carbocycles. The summed E-state index contributed by atoms with van der Waals surface area (Å²) in [6.07, 6.45) is 10.0. The summed E-state index contributed by atoms with van der Waals surface area (Å²) < 4.78 is 2.25. The Kier molecular flexibility index (Phi) is 3.73. The zero-order valence-electron chi connectivity index (χ0n) is 14.7. The first kappa shape index (κ1) is 15.6. The smallest absolute Gasteiger partial charge is 0.225 e. The van der Waals surface area contributed by atoms with Gasteiger partial charge in [0.1, 0.15) is 5.82 Å². The molecule has 1 saturated heterocycles. The van der Waals surface area contributed by atoms with E-state index in [2.05, 4.69) is 43.8 Å². The van der Waals surface area contributed by atoms with Crippen LogP contribution in [0.2, 0.25) is 0 Å². The molecule has 0 radical (unpaired) electrons. The molecule has 2 fully saturated rings. The van der Waals surface area contributed by atoms with Crippen LogP contribution in [0.4, 0.5) is 0 Å². The van der Waals surface area contributed by atoms with Crippen LogP contribution in [0, 0.1) is 5.92 Å². The van der Waals surface area contributed by atoms with Crippen molar-refractivity contribution in [3.05, 3.63) is 48.9 Å². The molecule has 1 amide bonds. The molecule has 5 nitrogen and oxygen atoms in total. The van der Waals surface area contributed by atoms with Crippen molar-refractivity contribution < 1.29 is 4.79 Å². The van der Waals surface area contributed by atoms with Crippen molar-refractivity contribution in [2.24, 2.45) is 5.92 Å². The number of aromatic nitrogens is 3.